The maximum atomic E-state index is 11.5. The second-order valence-electron chi connectivity index (χ2n) is 6.95. The van der Waals surface area contributed by atoms with Crippen LogP contribution in [0, 0.1) is 0 Å². The minimum Gasteiger partial charge on any atom is -0.444 e. The number of hydrogen-bond acceptors (Lipinski definition) is 5. The summed E-state index contributed by atoms with van der Waals surface area (Å²) in [5.74, 6) is 0.436. The summed E-state index contributed by atoms with van der Waals surface area (Å²) in [4.78, 5) is 15.7. The predicted octanol–water partition coefficient (Wildman–Crippen LogP) is 2.18. The Labute approximate surface area is 138 Å². The molecule has 1 aromatic heterocycles. The molecule has 130 valence electrons. The molecule has 0 aliphatic carbocycles. The molecule has 0 unspecified atom stereocenters. The molecule has 0 aliphatic heterocycles. The minimum absolute atomic E-state index is 0.145. The van der Waals surface area contributed by atoms with Gasteiger partial charge in [0, 0.05) is 32.0 Å². The van der Waals surface area contributed by atoms with Crippen molar-refractivity contribution in [3.63, 3.8) is 0 Å². The van der Waals surface area contributed by atoms with Gasteiger partial charge in [-0.3, -0.25) is 4.98 Å². The van der Waals surface area contributed by atoms with Gasteiger partial charge in [0.2, 0.25) is 0 Å². The smallest absolute Gasteiger partial charge is 0.407 e. The number of nitrogens with zero attached hydrogens (tertiary/aromatic N) is 1. The number of amides is 1. The second kappa shape index (κ2) is 8.84. The summed E-state index contributed by atoms with van der Waals surface area (Å²) in [6, 6.07) is 2.11. The highest BCUT2D eigenvalue weighted by Crippen LogP contribution is 2.13. The van der Waals surface area contributed by atoms with Gasteiger partial charge in [0.1, 0.15) is 5.60 Å². The van der Waals surface area contributed by atoms with E-state index in [9.17, 15) is 9.90 Å². The first-order valence-electron chi connectivity index (χ1n) is 7.97. The van der Waals surface area contributed by atoms with Crippen molar-refractivity contribution in [2.45, 2.75) is 58.8 Å². The van der Waals surface area contributed by atoms with Crippen LogP contribution in [0.2, 0.25) is 0 Å². The summed E-state index contributed by atoms with van der Waals surface area (Å²) >= 11 is 0. The van der Waals surface area contributed by atoms with Crippen molar-refractivity contribution in [1.82, 2.24) is 15.6 Å². The molecule has 1 rings (SSSR count). The quantitative estimate of drug-likeness (QED) is 0.716. The fourth-order valence-electron chi connectivity index (χ4n) is 1.89. The number of ether oxygens (including phenoxy) is 1. The van der Waals surface area contributed by atoms with Crippen LogP contribution >= 0.6 is 0 Å². The topological polar surface area (TPSA) is 83.5 Å². The van der Waals surface area contributed by atoms with Crippen LogP contribution in [-0.2, 0) is 11.3 Å². The maximum absolute atomic E-state index is 11.5. The van der Waals surface area contributed by atoms with E-state index in [4.69, 9.17) is 4.74 Å². The third-order valence-electron chi connectivity index (χ3n) is 3.07. The van der Waals surface area contributed by atoms with Crippen LogP contribution in [0.15, 0.2) is 18.5 Å². The number of aliphatic hydroxyl groups is 1. The van der Waals surface area contributed by atoms with Gasteiger partial charge in [-0.1, -0.05) is 19.9 Å². The summed E-state index contributed by atoms with van der Waals surface area (Å²) < 4.78 is 5.11. The largest absolute Gasteiger partial charge is 0.444 e. The van der Waals surface area contributed by atoms with E-state index in [-0.39, 0.29) is 6.54 Å². The average Bonchev–Trinajstić information content (AvgIpc) is 2.43. The van der Waals surface area contributed by atoms with Crippen LogP contribution in [0.5, 0.6) is 0 Å². The Balaban J connectivity index is 2.27. The molecule has 0 spiro atoms. The van der Waals surface area contributed by atoms with Crippen molar-refractivity contribution in [3.05, 3.63) is 29.6 Å². The summed E-state index contributed by atoms with van der Waals surface area (Å²) in [5.41, 5.74) is 1.72. The van der Waals surface area contributed by atoms with Crippen LogP contribution in [-0.4, -0.2) is 41.0 Å². The third kappa shape index (κ3) is 8.52. The number of pyridine rings is 1. The van der Waals surface area contributed by atoms with Gasteiger partial charge >= 0.3 is 6.09 Å². The monoisotopic (exact) mass is 323 g/mol. The molecular formula is C17H29N3O3. The van der Waals surface area contributed by atoms with E-state index < -0.39 is 17.8 Å². The van der Waals surface area contributed by atoms with Crippen molar-refractivity contribution < 1.29 is 14.6 Å². The van der Waals surface area contributed by atoms with Crippen LogP contribution in [0.25, 0.3) is 0 Å². The molecule has 0 radical (unpaired) electrons. The molecule has 1 atom stereocenters. The summed E-state index contributed by atoms with van der Waals surface area (Å²) in [7, 11) is 0. The number of aliphatic hydroxyl groups excluding tert-OH is 1. The lowest BCUT2D eigenvalue weighted by molar-refractivity contribution is 0.0492. The Bertz CT molecular complexity index is 498. The van der Waals surface area contributed by atoms with Crippen molar-refractivity contribution >= 4 is 6.09 Å². The van der Waals surface area contributed by atoms with Crippen LogP contribution < -0.4 is 10.6 Å². The van der Waals surface area contributed by atoms with Gasteiger partial charge in [0.15, 0.2) is 0 Å². The van der Waals surface area contributed by atoms with Gasteiger partial charge in [-0.25, -0.2) is 4.79 Å². The Hall–Kier alpha value is -1.66. The molecule has 1 heterocycles. The van der Waals surface area contributed by atoms with Gasteiger partial charge in [0.05, 0.1) is 6.10 Å². The van der Waals surface area contributed by atoms with Crippen molar-refractivity contribution in [2.24, 2.45) is 0 Å². The number of hydrogen-bond donors (Lipinski definition) is 3. The molecule has 0 bridgehead atoms. The Kier molecular flexibility index (Phi) is 7.45. The summed E-state index contributed by atoms with van der Waals surface area (Å²) in [6.07, 6.45) is 2.48. The highest BCUT2D eigenvalue weighted by Gasteiger charge is 2.16. The zero-order valence-electron chi connectivity index (χ0n) is 14.7. The van der Waals surface area contributed by atoms with E-state index in [1.807, 2.05) is 12.4 Å². The molecule has 3 N–H and O–H groups in total. The van der Waals surface area contributed by atoms with Crippen molar-refractivity contribution in [3.8, 4) is 0 Å². The van der Waals surface area contributed by atoms with Gasteiger partial charge in [-0.05, 0) is 37.8 Å². The molecule has 0 aromatic carbocycles. The molecule has 0 aliphatic rings. The molecule has 6 heteroatoms. The van der Waals surface area contributed by atoms with Crippen LogP contribution in [0.3, 0.4) is 0 Å². The van der Waals surface area contributed by atoms with E-state index >= 15 is 0 Å². The fraction of sp³-hybridized carbons (Fsp3) is 0.647. The predicted molar refractivity (Wildman–Crippen MR) is 90.3 cm³/mol. The highest BCUT2D eigenvalue weighted by molar-refractivity contribution is 5.67. The Morgan fingerprint density at radius 2 is 2.00 bits per heavy atom. The SMILES string of the molecule is CC(C)c1cncc(CNC[C@@H](O)CNC(=O)OC(C)(C)C)c1. The van der Waals surface area contributed by atoms with Gasteiger partial charge in [-0.2, -0.15) is 0 Å². The molecule has 0 fully saturated rings. The lowest BCUT2D eigenvalue weighted by Crippen LogP contribution is -2.40. The van der Waals surface area contributed by atoms with E-state index in [1.54, 1.807) is 20.8 Å². The van der Waals surface area contributed by atoms with Crippen molar-refractivity contribution in [1.29, 1.82) is 0 Å². The fourth-order valence-corrected chi connectivity index (χ4v) is 1.89. The lowest BCUT2D eigenvalue weighted by Gasteiger charge is -2.20. The van der Waals surface area contributed by atoms with Gasteiger partial charge in [0.25, 0.3) is 0 Å². The minimum atomic E-state index is -0.677. The van der Waals surface area contributed by atoms with Crippen molar-refractivity contribution in [2.75, 3.05) is 13.1 Å². The normalized spacial score (nSPS) is 13.0. The average molecular weight is 323 g/mol. The number of carbonyl (C=O) groups excluding carboxylic acids is 1. The van der Waals surface area contributed by atoms with Crippen LogP contribution in [0.1, 0.15) is 51.7 Å². The molecule has 1 aromatic rings. The first kappa shape index (κ1) is 19.4. The number of carbonyl (C=O) groups is 1. The number of nitrogens with one attached hydrogen (secondary N) is 2. The van der Waals surface area contributed by atoms with E-state index in [0.29, 0.717) is 19.0 Å². The first-order valence-corrected chi connectivity index (χ1v) is 7.97. The lowest BCUT2D eigenvalue weighted by atomic mass is 10.0. The third-order valence-corrected chi connectivity index (χ3v) is 3.07. The zero-order chi connectivity index (χ0) is 17.5. The number of rotatable bonds is 7. The zero-order valence-corrected chi connectivity index (χ0v) is 14.7. The first-order chi connectivity index (χ1) is 10.7. The van der Waals surface area contributed by atoms with Crippen LogP contribution in [0.4, 0.5) is 4.79 Å². The molecule has 6 nitrogen and oxygen atoms in total. The summed E-state index contributed by atoms with van der Waals surface area (Å²) in [6.45, 7) is 10.8. The highest BCUT2D eigenvalue weighted by atomic mass is 16.6. The van der Waals surface area contributed by atoms with Gasteiger partial charge in [-0.15, -0.1) is 0 Å². The van der Waals surface area contributed by atoms with E-state index in [0.717, 1.165) is 5.56 Å². The van der Waals surface area contributed by atoms with Gasteiger partial charge < -0.3 is 20.5 Å². The number of aromatic nitrogens is 1. The number of alkyl carbamates (subject to hydrolysis) is 1. The Morgan fingerprint density at radius 3 is 2.61 bits per heavy atom. The molecule has 1 amide bonds. The molecular weight excluding hydrogens is 294 g/mol. The summed E-state index contributed by atoms with van der Waals surface area (Å²) in [5, 5.41) is 15.6. The maximum Gasteiger partial charge on any atom is 0.407 e. The molecule has 0 saturated carbocycles. The van der Waals surface area contributed by atoms with E-state index in [2.05, 4.69) is 35.5 Å². The second-order valence-corrected chi connectivity index (χ2v) is 6.95. The molecule has 23 heavy (non-hydrogen) atoms. The molecule has 0 saturated heterocycles. The Morgan fingerprint density at radius 1 is 1.30 bits per heavy atom. The standard InChI is InChI=1S/C17H29N3O3/c1-12(2)14-6-13(7-18-9-14)8-19-10-15(21)11-20-16(22)23-17(3,4)5/h6-7,9,12,15,19,21H,8,10-11H2,1-5H3,(H,20,22)/t15-/m1/s1. The van der Waals surface area contributed by atoms with E-state index in [1.165, 1.54) is 5.56 Å².